The van der Waals surface area contributed by atoms with Crippen LogP contribution in [0.2, 0.25) is 0 Å². The maximum absolute atomic E-state index is 11.2. The van der Waals surface area contributed by atoms with Crippen LogP contribution >= 0.6 is 0 Å². The molecular weight excluding hydrogens is 226 g/mol. The minimum Gasteiger partial charge on any atom is -0.357 e. The number of hydrogen-bond donors (Lipinski definition) is 1. The van der Waals surface area contributed by atoms with Crippen molar-refractivity contribution in [1.82, 2.24) is 4.98 Å². The Morgan fingerprint density at radius 3 is 2.50 bits per heavy atom. The first-order valence-electron chi connectivity index (χ1n) is 5.25. The van der Waals surface area contributed by atoms with Gasteiger partial charge in [-0.25, -0.2) is 18.5 Å². The average molecular weight is 241 g/mol. The smallest absolute Gasteiger partial charge is 0.212 e. The number of pyridine rings is 1. The summed E-state index contributed by atoms with van der Waals surface area (Å²) in [5.41, 5.74) is 0. The van der Waals surface area contributed by atoms with Crippen molar-refractivity contribution in [1.29, 1.82) is 0 Å². The van der Waals surface area contributed by atoms with Gasteiger partial charge in [-0.1, -0.05) is 6.07 Å². The van der Waals surface area contributed by atoms with E-state index in [1.165, 1.54) is 0 Å². The van der Waals surface area contributed by atoms with Crippen LogP contribution < -0.4 is 10.0 Å². The van der Waals surface area contributed by atoms with Gasteiger partial charge in [-0.2, -0.15) is 0 Å². The lowest BCUT2D eigenvalue weighted by atomic mass is 10.1. The van der Waals surface area contributed by atoms with E-state index in [1.807, 2.05) is 18.2 Å². The molecule has 1 saturated heterocycles. The van der Waals surface area contributed by atoms with E-state index in [9.17, 15) is 8.42 Å². The average Bonchev–Trinajstić information content (AvgIpc) is 2.29. The Morgan fingerprint density at radius 1 is 1.31 bits per heavy atom. The number of nitrogens with two attached hydrogens (primary N) is 1. The summed E-state index contributed by atoms with van der Waals surface area (Å²) in [6.45, 7) is 1.39. The summed E-state index contributed by atoms with van der Waals surface area (Å²) in [5.74, 6) is 0.898. The van der Waals surface area contributed by atoms with Crippen molar-refractivity contribution >= 4 is 15.8 Å². The van der Waals surface area contributed by atoms with Gasteiger partial charge in [0.1, 0.15) is 5.82 Å². The number of nitrogens with zero attached hydrogens (tertiary/aromatic N) is 2. The second kappa shape index (κ2) is 4.39. The van der Waals surface area contributed by atoms with Gasteiger partial charge in [0.05, 0.1) is 5.25 Å². The molecule has 88 valence electrons. The molecule has 0 unspecified atom stereocenters. The molecule has 1 aromatic rings. The zero-order valence-corrected chi connectivity index (χ0v) is 9.73. The molecule has 0 amide bonds. The maximum atomic E-state index is 11.2. The molecule has 0 radical (unpaired) electrons. The highest BCUT2D eigenvalue weighted by Gasteiger charge is 2.27. The Bertz CT molecular complexity index is 438. The van der Waals surface area contributed by atoms with E-state index in [4.69, 9.17) is 5.14 Å². The molecule has 6 heteroatoms. The lowest BCUT2D eigenvalue weighted by molar-refractivity contribution is 0.529. The molecule has 0 aromatic carbocycles. The minimum atomic E-state index is -3.38. The maximum Gasteiger partial charge on any atom is 0.212 e. The third kappa shape index (κ3) is 2.51. The van der Waals surface area contributed by atoms with Gasteiger partial charge in [0, 0.05) is 19.3 Å². The molecule has 0 bridgehead atoms. The van der Waals surface area contributed by atoms with Crippen molar-refractivity contribution in [3.63, 3.8) is 0 Å². The SMILES string of the molecule is NS(=O)(=O)C1CCN(c2ccccn2)CC1. The minimum absolute atomic E-state index is 0.396. The molecule has 2 N–H and O–H groups in total. The summed E-state index contributed by atoms with van der Waals surface area (Å²) in [6.07, 6.45) is 2.89. The molecular formula is C10H15N3O2S. The van der Waals surface area contributed by atoms with E-state index in [0.717, 1.165) is 5.82 Å². The van der Waals surface area contributed by atoms with E-state index >= 15 is 0 Å². The topological polar surface area (TPSA) is 76.3 Å². The molecule has 16 heavy (non-hydrogen) atoms. The highest BCUT2D eigenvalue weighted by Crippen LogP contribution is 2.20. The zero-order valence-electron chi connectivity index (χ0n) is 8.91. The normalized spacial score (nSPS) is 18.7. The third-order valence-corrected chi connectivity index (χ3v) is 4.28. The first-order chi connectivity index (χ1) is 7.57. The number of primary sulfonamides is 1. The van der Waals surface area contributed by atoms with Crippen molar-refractivity contribution in [2.45, 2.75) is 18.1 Å². The van der Waals surface area contributed by atoms with E-state index in [2.05, 4.69) is 9.88 Å². The molecule has 2 heterocycles. The van der Waals surface area contributed by atoms with Crippen LogP contribution in [0.1, 0.15) is 12.8 Å². The standard InChI is InChI=1S/C10H15N3O2S/c11-16(14,15)9-4-7-13(8-5-9)10-3-1-2-6-12-10/h1-3,6,9H,4-5,7-8H2,(H2,11,14,15). The van der Waals surface area contributed by atoms with Gasteiger partial charge in [-0.05, 0) is 25.0 Å². The summed E-state index contributed by atoms with van der Waals surface area (Å²) in [4.78, 5) is 6.32. The fourth-order valence-corrected chi connectivity index (χ4v) is 2.82. The second-order valence-electron chi connectivity index (χ2n) is 3.96. The predicted octanol–water partition coefficient (Wildman–Crippen LogP) is 0.339. The summed E-state index contributed by atoms with van der Waals surface area (Å²) in [7, 11) is -3.38. The Hall–Kier alpha value is -1.14. The van der Waals surface area contributed by atoms with E-state index in [-0.39, 0.29) is 0 Å². The fourth-order valence-electron chi connectivity index (χ4n) is 1.95. The number of aromatic nitrogens is 1. The first-order valence-corrected chi connectivity index (χ1v) is 6.86. The van der Waals surface area contributed by atoms with Crippen LogP contribution in [-0.4, -0.2) is 31.7 Å². The highest BCUT2D eigenvalue weighted by atomic mass is 32.2. The van der Waals surface area contributed by atoms with Gasteiger partial charge in [0.15, 0.2) is 0 Å². The van der Waals surface area contributed by atoms with Crippen LogP contribution in [0, 0.1) is 0 Å². The molecule has 1 aliphatic rings. The molecule has 0 aliphatic carbocycles. The van der Waals surface area contributed by atoms with Crippen LogP contribution in [-0.2, 0) is 10.0 Å². The summed E-state index contributed by atoms with van der Waals surface area (Å²) in [5, 5.41) is 4.74. The number of rotatable bonds is 2. The van der Waals surface area contributed by atoms with Crippen LogP contribution in [0.5, 0.6) is 0 Å². The van der Waals surface area contributed by atoms with Gasteiger partial charge in [-0.15, -0.1) is 0 Å². The fraction of sp³-hybridized carbons (Fsp3) is 0.500. The van der Waals surface area contributed by atoms with Gasteiger partial charge < -0.3 is 4.90 Å². The molecule has 1 aromatic heterocycles. The molecule has 1 aliphatic heterocycles. The highest BCUT2D eigenvalue weighted by molar-refractivity contribution is 7.89. The van der Waals surface area contributed by atoms with E-state index in [1.54, 1.807) is 6.20 Å². The van der Waals surface area contributed by atoms with Gasteiger partial charge in [0.25, 0.3) is 0 Å². The van der Waals surface area contributed by atoms with Crippen molar-refractivity contribution in [3.8, 4) is 0 Å². The predicted molar refractivity (Wildman–Crippen MR) is 62.6 cm³/mol. The molecule has 1 fully saturated rings. The van der Waals surface area contributed by atoms with Crippen molar-refractivity contribution in [2.24, 2.45) is 5.14 Å². The van der Waals surface area contributed by atoms with Crippen LogP contribution in [0.3, 0.4) is 0 Å². The van der Waals surface area contributed by atoms with E-state index < -0.39 is 15.3 Å². The largest absolute Gasteiger partial charge is 0.357 e. The number of sulfonamides is 1. The molecule has 0 spiro atoms. The number of piperidine rings is 1. The molecule has 2 rings (SSSR count). The molecule has 0 saturated carbocycles. The summed E-state index contributed by atoms with van der Waals surface area (Å²) >= 11 is 0. The van der Waals surface area contributed by atoms with Crippen molar-refractivity contribution in [2.75, 3.05) is 18.0 Å². The number of anilines is 1. The lowest BCUT2D eigenvalue weighted by Gasteiger charge is -2.31. The molecule has 5 nitrogen and oxygen atoms in total. The first kappa shape index (κ1) is 11.3. The Morgan fingerprint density at radius 2 is 2.00 bits per heavy atom. The second-order valence-corrected chi connectivity index (χ2v) is 5.81. The third-order valence-electron chi connectivity index (χ3n) is 2.88. The van der Waals surface area contributed by atoms with Gasteiger partial charge >= 0.3 is 0 Å². The Labute approximate surface area is 95.3 Å². The molecule has 0 atom stereocenters. The van der Waals surface area contributed by atoms with Crippen LogP contribution in [0.15, 0.2) is 24.4 Å². The summed E-state index contributed by atoms with van der Waals surface area (Å²) < 4.78 is 22.3. The zero-order chi connectivity index (χ0) is 11.6. The van der Waals surface area contributed by atoms with Crippen LogP contribution in [0.25, 0.3) is 0 Å². The van der Waals surface area contributed by atoms with Crippen molar-refractivity contribution < 1.29 is 8.42 Å². The van der Waals surface area contributed by atoms with Crippen molar-refractivity contribution in [3.05, 3.63) is 24.4 Å². The quantitative estimate of drug-likeness (QED) is 0.810. The summed E-state index contributed by atoms with van der Waals surface area (Å²) in [6, 6.07) is 5.71. The number of hydrogen-bond acceptors (Lipinski definition) is 4. The Kier molecular flexibility index (Phi) is 3.11. The van der Waals surface area contributed by atoms with Gasteiger partial charge in [0.2, 0.25) is 10.0 Å². The Balaban J connectivity index is 2.01. The van der Waals surface area contributed by atoms with Gasteiger partial charge in [-0.3, -0.25) is 0 Å². The van der Waals surface area contributed by atoms with E-state index in [0.29, 0.717) is 25.9 Å². The van der Waals surface area contributed by atoms with Crippen LogP contribution in [0.4, 0.5) is 5.82 Å². The lowest BCUT2D eigenvalue weighted by Crippen LogP contribution is -2.41. The monoisotopic (exact) mass is 241 g/mol.